The summed E-state index contributed by atoms with van der Waals surface area (Å²) in [5.74, 6) is 2.29. The van der Waals surface area contributed by atoms with Crippen LogP contribution in [0.3, 0.4) is 0 Å². The highest BCUT2D eigenvalue weighted by molar-refractivity contribution is 7.98. The maximum absolute atomic E-state index is 10.0. The number of hydrogen-bond donors (Lipinski definition) is 1. The Morgan fingerprint density at radius 2 is 1.67 bits per heavy atom. The Hall–Kier alpha value is -1.16. The number of halogens is 1. The molecule has 1 unspecified atom stereocenters. The molecule has 0 fully saturated rings. The van der Waals surface area contributed by atoms with Crippen molar-refractivity contribution < 1.29 is 9.84 Å². The molecule has 24 heavy (non-hydrogen) atoms. The first kappa shape index (κ1) is 19.2. The van der Waals surface area contributed by atoms with Gasteiger partial charge in [0.25, 0.3) is 0 Å². The van der Waals surface area contributed by atoms with Gasteiger partial charge in [-0.1, -0.05) is 56.6 Å². The zero-order chi connectivity index (χ0) is 17.6. The molecule has 130 valence electrons. The molecule has 1 N–H and O–H groups in total. The summed E-state index contributed by atoms with van der Waals surface area (Å²) in [6, 6.07) is 15.9. The van der Waals surface area contributed by atoms with E-state index in [-0.39, 0.29) is 5.41 Å². The van der Waals surface area contributed by atoms with Gasteiger partial charge in [-0.25, -0.2) is 0 Å². The van der Waals surface area contributed by atoms with Crippen molar-refractivity contribution in [2.45, 2.75) is 38.0 Å². The standard InChI is InChI=1S/C20H25ClO2S/c1-20(2,3)16-6-10-19(11-7-16)23-12-18(22)14-24-13-15-4-8-17(21)9-5-15/h4-11,18,22H,12-14H2,1-3H3. The van der Waals surface area contributed by atoms with Gasteiger partial charge in [0.05, 0.1) is 6.10 Å². The first-order valence-corrected chi connectivity index (χ1v) is 9.61. The van der Waals surface area contributed by atoms with Gasteiger partial charge in [-0.15, -0.1) is 0 Å². The molecular formula is C20H25ClO2S. The zero-order valence-corrected chi connectivity index (χ0v) is 16.0. The van der Waals surface area contributed by atoms with Crippen molar-refractivity contribution in [1.82, 2.24) is 0 Å². The Bertz CT molecular complexity index is 618. The third kappa shape index (κ3) is 6.39. The second-order valence-corrected chi connectivity index (χ2v) is 8.35. The maximum atomic E-state index is 10.0. The summed E-state index contributed by atoms with van der Waals surface area (Å²) in [6.07, 6.45) is -0.482. The highest BCUT2D eigenvalue weighted by Gasteiger charge is 2.13. The molecule has 0 aliphatic heterocycles. The van der Waals surface area contributed by atoms with Crippen LogP contribution in [0.2, 0.25) is 5.02 Å². The average molecular weight is 365 g/mol. The molecule has 0 bridgehead atoms. The van der Waals surface area contributed by atoms with Crippen LogP contribution in [0.1, 0.15) is 31.9 Å². The van der Waals surface area contributed by atoms with Crippen LogP contribution in [0.25, 0.3) is 0 Å². The van der Waals surface area contributed by atoms with Crippen LogP contribution >= 0.6 is 23.4 Å². The fraction of sp³-hybridized carbons (Fsp3) is 0.400. The molecule has 2 nitrogen and oxygen atoms in total. The van der Waals surface area contributed by atoms with E-state index in [1.54, 1.807) is 11.8 Å². The van der Waals surface area contributed by atoms with Crippen molar-refractivity contribution in [3.63, 3.8) is 0 Å². The Morgan fingerprint density at radius 1 is 1.04 bits per heavy atom. The SMILES string of the molecule is CC(C)(C)c1ccc(OCC(O)CSCc2ccc(Cl)cc2)cc1. The number of aliphatic hydroxyl groups is 1. The van der Waals surface area contributed by atoms with Gasteiger partial charge in [-0.2, -0.15) is 11.8 Å². The van der Waals surface area contributed by atoms with E-state index in [9.17, 15) is 5.11 Å². The molecule has 2 aromatic rings. The van der Waals surface area contributed by atoms with Crippen molar-refractivity contribution in [2.24, 2.45) is 0 Å². The summed E-state index contributed by atoms with van der Waals surface area (Å²) in [5, 5.41) is 10.8. The van der Waals surface area contributed by atoms with E-state index in [2.05, 4.69) is 32.9 Å². The maximum Gasteiger partial charge on any atom is 0.119 e. The number of benzene rings is 2. The normalized spacial score (nSPS) is 12.9. The number of rotatable bonds is 7. The van der Waals surface area contributed by atoms with Crippen LogP contribution in [0.15, 0.2) is 48.5 Å². The van der Waals surface area contributed by atoms with E-state index < -0.39 is 6.10 Å². The summed E-state index contributed by atoms with van der Waals surface area (Å²) in [4.78, 5) is 0. The molecule has 0 aromatic heterocycles. The predicted molar refractivity (Wildman–Crippen MR) is 104 cm³/mol. The lowest BCUT2D eigenvalue weighted by molar-refractivity contribution is 0.126. The monoisotopic (exact) mass is 364 g/mol. The Labute approximate surface area is 154 Å². The summed E-state index contributed by atoms with van der Waals surface area (Å²) >= 11 is 7.56. The van der Waals surface area contributed by atoms with Crippen LogP contribution in [0.4, 0.5) is 0 Å². The smallest absolute Gasteiger partial charge is 0.119 e. The van der Waals surface area contributed by atoms with Crippen molar-refractivity contribution in [3.05, 3.63) is 64.7 Å². The topological polar surface area (TPSA) is 29.5 Å². The molecule has 2 rings (SSSR count). The lowest BCUT2D eigenvalue weighted by Gasteiger charge is -2.19. The van der Waals surface area contributed by atoms with Gasteiger partial charge in [0.15, 0.2) is 0 Å². The van der Waals surface area contributed by atoms with Gasteiger partial charge in [0, 0.05) is 16.5 Å². The van der Waals surface area contributed by atoms with E-state index in [0.29, 0.717) is 12.4 Å². The second-order valence-electron chi connectivity index (χ2n) is 6.88. The molecule has 0 heterocycles. The number of hydrogen-bond acceptors (Lipinski definition) is 3. The Morgan fingerprint density at radius 3 is 2.25 bits per heavy atom. The lowest BCUT2D eigenvalue weighted by atomic mass is 9.87. The van der Waals surface area contributed by atoms with E-state index in [1.165, 1.54) is 11.1 Å². The number of thioether (sulfide) groups is 1. The Balaban J connectivity index is 1.71. The summed E-state index contributed by atoms with van der Waals surface area (Å²) in [6.45, 7) is 6.86. The van der Waals surface area contributed by atoms with Gasteiger partial charge in [-0.3, -0.25) is 0 Å². The molecule has 0 radical (unpaired) electrons. The molecule has 0 amide bonds. The largest absolute Gasteiger partial charge is 0.491 e. The van der Waals surface area contributed by atoms with E-state index in [1.807, 2.05) is 36.4 Å². The fourth-order valence-corrected chi connectivity index (χ4v) is 3.23. The fourth-order valence-electron chi connectivity index (χ4n) is 2.19. The van der Waals surface area contributed by atoms with Gasteiger partial charge in [-0.05, 0) is 40.8 Å². The first-order valence-electron chi connectivity index (χ1n) is 8.08. The Kier molecular flexibility index (Phi) is 7.02. The molecule has 2 aromatic carbocycles. The molecule has 4 heteroatoms. The van der Waals surface area contributed by atoms with Crippen molar-refractivity contribution in [3.8, 4) is 5.75 Å². The van der Waals surface area contributed by atoms with Crippen LogP contribution in [-0.4, -0.2) is 23.6 Å². The van der Waals surface area contributed by atoms with E-state index >= 15 is 0 Å². The van der Waals surface area contributed by atoms with Crippen molar-refractivity contribution in [2.75, 3.05) is 12.4 Å². The third-order valence-electron chi connectivity index (χ3n) is 3.65. The third-order valence-corrected chi connectivity index (χ3v) is 5.06. The minimum atomic E-state index is -0.482. The number of aliphatic hydroxyl groups excluding tert-OH is 1. The molecule has 0 aliphatic carbocycles. The van der Waals surface area contributed by atoms with Crippen LogP contribution in [0, 0.1) is 0 Å². The highest BCUT2D eigenvalue weighted by Crippen LogP contribution is 2.24. The molecule has 1 atom stereocenters. The van der Waals surface area contributed by atoms with Gasteiger partial charge < -0.3 is 9.84 Å². The van der Waals surface area contributed by atoms with Gasteiger partial charge in [0.1, 0.15) is 12.4 Å². The summed E-state index contributed by atoms with van der Waals surface area (Å²) in [7, 11) is 0. The summed E-state index contributed by atoms with van der Waals surface area (Å²) < 4.78 is 5.67. The van der Waals surface area contributed by atoms with Gasteiger partial charge >= 0.3 is 0 Å². The minimum absolute atomic E-state index is 0.135. The average Bonchev–Trinajstić information content (AvgIpc) is 2.54. The first-order chi connectivity index (χ1) is 11.3. The van der Waals surface area contributed by atoms with E-state index in [0.717, 1.165) is 16.5 Å². The van der Waals surface area contributed by atoms with Gasteiger partial charge in [0.2, 0.25) is 0 Å². The quantitative estimate of drug-likeness (QED) is 0.721. The van der Waals surface area contributed by atoms with E-state index in [4.69, 9.17) is 16.3 Å². The summed E-state index contributed by atoms with van der Waals surface area (Å²) in [5.41, 5.74) is 2.61. The second kappa shape index (κ2) is 8.80. The predicted octanol–water partition coefficient (Wildman–Crippen LogP) is 5.31. The van der Waals surface area contributed by atoms with Crippen LogP contribution < -0.4 is 4.74 Å². The molecule has 0 aliphatic rings. The molecular weight excluding hydrogens is 340 g/mol. The highest BCUT2D eigenvalue weighted by atomic mass is 35.5. The molecule has 0 saturated carbocycles. The number of ether oxygens (including phenoxy) is 1. The minimum Gasteiger partial charge on any atom is -0.491 e. The van der Waals surface area contributed by atoms with Crippen molar-refractivity contribution in [1.29, 1.82) is 0 Å². The van der Waals surface area contributed by atoms with Crippen LogP contribution in [0.5, 0.6) is 5.75 Å². The molecule has 0 saturated heterocycles. The van der Waals surface area contributed by atoms with Crippen LogP contribution in [-0.2, 0) is 11.2 Å². The lowest BCUT2D eigenvalue weighted by Crippen LogP contribution is -2.20. The van der Waals surface area contributed by atoms with Crippen molar-refractivity contribution >= 4 is 23.4 Å². The zero-order valence-electron chi connectivity index (χ0n) is 14.5. The molecule has 0 spiro atoms.